The van der Waals surface area contributed by atoms with E-state index in [0.29, 0.717) is 11.0 Å². The van der Waals surface area contributed by atoms with Crippen LogP contribution in [0, 0.1) is 11.6 Å². The Morgan fingerprint density at radius 2 is 1.50 bits per heavy atom. The molecule has 0 spiro atoms. The minimum Gasteiger partial charge on any atom is -0.477 e. The summed E-state index contributed by atoms with van der Waals surface area (Å²) in [6, 6.07) is 7.43. The number of carbonyl (C=O) groups is 3. The van der Waals surface area contributed by atoms with Crippen molar-refractivity contribution in [2.45, 2.75) is 0 Å². The lowest BCUT2D eigenvalue weighted by molar-refractivity contribution is 0.0685. The second-order valence-electron chi connectivity index (χ2n) is 4.55. The monoisotopic (exact) mass is 303 g/mol. The summed E-state index contributed by atoms with van der Waals surface area (Å²) in [4.78, 5) is 35.9. The summed E-state index contributed by atoms with van der Waals surface area (Å²) in [5, 5.41) is 8.85. The van der Waals surface area contributed by atoms with Gasteiger partial charge in [-0.25, -0.2) is 18.5 Å². The summed E-state index contributed by atoms with van der Waals surface area (Å²) in [6.07, 6.45) is 0. The lowest BCUT2D eigenvalue weighted by Crippen LogP contribution is -2.31. The van der Waals surface area contributed by atoms with Gasteiger partial charge in [0.1, 0.15) is 11.4 Å². The zero-order valence-corrected chi connectivity index (χ0v) is 10.8. The highest BCUT2D eigenvalue weighted by atomic mass is 19.1. The van der Waals surface area contributed by atoms with Crippen LogP contribution in [0.25, 0.3) is 0 Å². The van der Waals surface area contributed by atoms with Gasteiger partial charge in [0.2, 0.25) is 0 Å². The maximum Gasteiger partial charge on any atom is 0.341 e. The number of halogens is 2. The number of carboxylic acids is 1. The maximum atomic E-state index is 14.2. The van der Waals surface area contributed by atoms with Crippen LogP contribution in [0.3, 0.4) is 0 Å². The number of rotatable bonds is 2. The Morgan fingerprint density at radius 3 is 2.00 bits per heavy atom. The second-order valence-corrected chi connectivity index (χ2v) is 4.55. The summed E-state index contributed by atoms with van der Waals surface area (Å²) in [5.74, 6) is -6.16. The highest BCUT2D eigenvalue weighted by molar-refractivity contribution is 6.34. The molecule has 1 aliphatic rings. The number of amides is 2. The Hall–Kier alpha value is -3.09. The molecule has 0 aliphatic carbocycles. The van der Waals surface area contributed by atoms with E-state index in [1.807, 2.05) is 0 Å². The maximum absolute atomic E-state index is 14.2. The summed E-state index contributed by atoms with van der Waals surface area (Å²) >= 11 is 0. The van der Waals surface area contributed by atoms with Crippen LogP contribution in [0.5, 0.6) is 0 Å². The molecule has 0 saturated heterocycles. The summed E-state index contributed by atoms with van der Waals surface area (Å²) in [7, 11) is 0. The van der Waals surface area contributed by atoms with Crippen LogP contribution in [0.15, 0.2) is 36.4 Å². The Bertz CT molecular complexity index is 812. The van der Waals surface area contributed by atoms with Crippen LogP contribution in [0.1, 0.15) is 31.1 Å². The molecule has 7 heteroatoms. The van der Waals surface area contributed by atoms with Gasteiger partial charge in [-0.1, -0.05) is 12.1 Å². The van der Waals surface area contributed by atoms with Crippen molar-refractivity contribution in [1.29, 1.82) is 0 Å². The number of hydrogen-bond donors (Lipinski definition) is 1. The Balaban J connectivity index is 2.19. The van der Waals surface area contributed by atoms with Crippen molar-refractivity contribution in [3.63, 3.8) is 0 Å². The molecule has 0 aromatic heterocycles. The topological polar surface area (TPSA) is 74.7 Å². The van der Waals surface area contributed by atoms with Gasteiger partial charge in [0.05, 0.1) is 16.8 Å². The lowest BCUT2D eigenvalue weighted by Gasteiger charge is -2.16. The Kier molecular flexibility index (Phi) is 2.98. The fourth-order valence-electron chi connectivity index (χ4n) is 2.32. The second kappa shape index (κ2) is 4.73. The molecule has 0 fully saturated rings. The van der Waals surface area contributed by atoms with E-state index in [0.717, 1.165) is 6.07 Å². The van der Waals surface area contributed by atoms with Gasteiger partial charge in [-0.15, -0.1) is 0 Å². The van der Waals surface area contributed by atoms with Crippen molar-refractivity contribution >= 4 is 23.5 Å². The minimum absolute atomic E-state index is 0.0769. The van der Waals surface area contributed by atoms with E-state index in [4.69, 9.17) is 5.11 Å². The highest BCUT2D eigenvalue weighted by Gasteiger charge is 2.38. The molecule has 0 saturated carbocycles. The lowest BCUT2D eigenvalue weighted by atomic mass is 10.1. The predicted molar refractivity (Wildman–Crippen MR) is 70.9 cm³/mol. The standard InChI is InChI=1S/C15H7F2NO4/c16-9-5-6-10(12(17)11(9)15(21)22)18-13(19)7-3-1-2-4-8(7)14(18)20/h1-6H,(H,21,22). The van der Waals surface area contributed by atoms with Crippen molar-refractivity contribution < 1.29 is 28.3 Å². The molecule has 0 bridgehead atoms. The van der Waals surface area contributed by atoms with Crippen LogP contribution in [0.4, 0.5) is 14.5 Å². The number of imide groups is 1. The Labute approximate surface area is 122 Å². The quantitative estimate of drug-likeness (QED) is 0.865. The van der Waals surface area contributed by atoms with Crippen molar-refractivity contribution in [3.05, 3.63) is 64.7 Å². The average molecular weight is 303 g/mol. The molecular formula is C15H7F2NO4. The smallest absolute Gasteiger partial charge is 0.341 e. The molecule has 1 N–H and O–H groups in total. The first-order chi connectivity index (χ1) is 10.4. The molecule has 22 heavy (non-hydrogen) atoms. The van der Waals surface area contributed by atoms with Crippen molar-refractivity contribution in [1.82, 2.24) is 0 Å². The van der Waals surface area contributed by atoms with E-state index in [1.165, 1.54) is 24.3 Å². The molecule has 0 radical (unpaired) electrons. The third-order valence-electron chi connectivity index (χ3n) is 3.32. The van der Waals surface area contributed by atoms with Gasteiger partial charge in [-0.3, -0.25) is 9.59 Å². The molecule has 110 valence electrons. The number of anilines is 1. The van der Waals surface area contributed by atoms with Gasteiger partial charge in [0.25, 0.3) is 11.8 Å². The number of benzene rings is 2. The first kappa shape index (κ1) is 13.9. The number of carboxylic acid groups (broad SMARTS) is 1. The van der Waals surface area contributed by atoms with Gasteiger partial charge in [-0.05, 0) is 24.3 Å². The number of aromatic carboxylic acids is 1. The third-order valence-corrected chi connectivity index (χ3v) is 3.32. The molecule has 2 aromatic rings. The molecule has 1 heterocycles. The minimum atomic E-state index is -1.83. The van der Waals surface area contributed by atoms with Crippen molar-refractivity contribution in [2.24, 2.45) is 0 Å². The van der Waals surface area contributed by atoms with E-state index in [1.54, 1.807) is 0 Å². The zero-order chi connectivity index (χ0) is 16.0. The molecule has 5 nitrogen and oxygen atoms in total. The molecule has 3 rings (SSSR count). The van der Waals surface area contributed by atoms with E-state index in [2.05, 4.69) is 0 Å². The van der Waals surface area contributed by atoms with Gasteiger partial charge in [0.15, 0.2) is 5.82 Å². The largest absolute Gasteiger partial charge is 0.477 e. The van der Waals surface area contributed by atoms with Crippen LogP contribution >= 0.6 is 0 Å². The number of fused-ring (bicyclic) bond motifs is 1. The summed E-state index contributed by atoms with van der Waals surface area (Å²) in [5.41, 5.74) is -1.65. The Morgan fingerprint density at radius 1 is 0.955 bits per heavy atom. The predicted octanol–water partition coefficient (Wildman–Crippen LogP) is 2.46. The summed E-state index contributed by atoms with van der Waals surface area (Å²) in [6.45, 7) is 0. The van der Waals surface area contributed by atoms with Gasteiger partial charge < -0.3 is 5.11 Å². The van der Waals surface area contributed by atoms with Gasteiger partial charge in [0, 0.05) is 0 Å². The van der Waals surface area contributed by atoms with E-state index >= 15 is 0 Å². The highest BCUT2D eigenvalue weighted by Crippen LogP contribution is 2.32. The molecule has 0 unspecified atom stereocenters. The van der Waals surface area contributed by atoms with Crippen LogP contribution in [-0.4, -0.2) is 22.9 Å². The molecule has 0 atom stereocenters. The average Bonchev–Trinajstić information content (AvgIpc) is 2.72. The van der Waals surface area contributed by atoms with Crippen molar-refractivity contribution in [2.75, 3.05) is 4.90 Å². The zero-order valence-electron chi connectivity index (χ0n) is 10.8. The SMILES string of the molecule is O=C(O)c1c(F)ccc(N2C(=O)c3ccccc3C2=O)c1F. The number of hydrogen-bond acceptors (Lipinski definition) is 3. The van der Waals surface area contributed by atoms with Gasteiger partial charge >= 0.3 is 5.97 Å². The van der Waals surface area contributed by atoms with Gasteiger partial charge in [-0.2, -0.15) is 0 Å². The fraction of sp³-hybridized carbons (Fsp3) is 0. The number of nitrogens with zero attached hydrogens (tertiary/aromatic N) is 1. The van der Waals surface area contributed by atoms with E-state index in [9.17, 15) is 23.2 Å². The first-order valence-corrected chi connectivity index (χ1v) is 6.12. The third kappa shape index (κ3) is 1.79. The van der Waals surface area contributed by atoms with Crippen molar-refractivity contribution in [3.8, 4) is 0 Å². The fourth-order valence-corrected chi connectivity index (χ4v) is 2.32. The van der Waals surface area contributed by atoms with Crippen LogP contribution < -0.4 is 4.90 Å². The van der Waals surface area contributed by atoms with Crippen LogP contribution in [0.2, 0.25) is 0 Å². The molecule has 1 aliphatic heterocycles. The molecule has 2 amide bonds. The van der Waals surface area contributed by atoms with Crippen LogP contribution in [-0.2, 0) is 0 Å². The summed E-state index contributed by atoms with van der Waals surface area (Å²) < 4.78 is 27.7. The van der Waals surface area contributed by atoms with E-state index < -0.39 is 40.7 Å². The first-order valence-electron chi connectivity index (χ1n) is 6.12. The van der Waals surface area contributed by atoms with E-state index in [-0.39, 0.29) is 11.1 Å². The molecule has 2 aromatic carbocycles. The molecular weight excluding hydrogens is 296 g/mol. The number of carbonyl (C=O) groups excluding carboxylic acids is 2. The normalized spacial score (nSPS) is 13.5.